The summed E-state index contributed by atoms with van der Waals surface area (Å²) in [4.78, 5) is 35.5. The lowest BCUT2D eigenvalue weighted by atomic mass is 9.93. The van der Waals surface area contributed by atoms with Crippen LogP contribution in [0.5, 0.6) is 0 Å². The number of aromatic nitrogens is 1. The average molecular weight is 450 g/mol. The first-order chi connectivity index (χ1) is 15.7. The van der Waals surface area contributed by atoms with Crippen LogP contribution in [0.1, 0.15) is 44.9 Å². The Kier molecular flexibility index (Phi) is 6.19. The molecule has 166 valence electrons. The number of piperidine rings is 1. The van der Waals surface area contributed by atoms with Crippen molar-refractivity contribution in [3.8, 4) is 0 Å². The van der Waals surface area contributed by atoms with E-state index in [0.717, 1.165) is 46.3 Å². The van der Waals surface area contributed by atoms with Gasteiger partial charge in [0, 0.05) is 48.3 Å². The van der Waals surface area contributed by atoms with Crippen LogP contribution in [0.2, 0.25) is 0 Å². The lowest BCUT2D eigenvalue weighted by molar-refractivity contribution is 0.0305. The van der Waals surface area contributed by atoms with Crippen molar-refractivity contribution in [1.29, 1.82) is 0 Å². The van der Waals surface area contributed by atoms with Crippen molar-refractivity contribution in [3.05, 3.63) is 64.8 Å². The monoisotopic (exact) mass is 449 g/mol. The fourth-order valence-corrected chi connectivity index (χ4v) is 5.96. The number of carbonyl (C=O) groups excluding carboxylic acids is 2. The molecule has 0 bridgehead atoms. The predicted molar refractivity (Wildman–Crippen MR) is 125 cm³/mol. The molecule has 7 heteroatoms. The van der Waals surface area contributed by atoms with E-state index in [4.69, 9.17) is 4.74 Å². The minimum Gasteiger partial charge on any atom is -0.378 e. The van der Waals surface area contributed by atoms with E-state index >= 15 is 0 Å². The maximum Gasteiger partial charge on any atom is 0.264 e. The number of likely N-dealkylation sites (tertiary alicyclic amines) is 1. The number of benzene rings is 1. The Morgan fingerprint density at radius 2 is 1.78 bits per heavy atom. The Hall–Kier alpha value is -2.77. The summed E-state index contributed by atoms with van der Waals surface area (Å²) < 4.78 is 6.57. The van der Waals surface area contributed by atoms with Crippen molar-refractivity contribution >= 4 is 33.2 Å². The van der Waals surface area contributed by atoms with Crippen LogP contribution in [-0.2, 0) is 11.2 Å². The second-order valence-electron chi connectivity index (χ2n) is 8.40. The lowest BCUT2D eigenvalue weighted by Crippen LogP contribution is -2.45. The van der Waals surface area contributed by atoms with Gasteiger partial charge in [-0.1, -0.05) is 18.2 Å². The Morgan fingerprint density at radius 1 is 1.00 bits per heavy atom. The molecule has 2 amide bonds. The predicted octanol–water partition coefficient (Wildman–Crippen LogP) is 4.01. The number of amides is 2. The van der Waals surface area contributed by atoms with E-state index < -0.39 is 0 Å². The summed E-state index contributed by atoms with van der Waals surface area (Å²) in [6.45, 7) is 3.18. The molecule has 0 aliphatic carbocycles. The highest BCUT2D eigenvalue weighted by molar-refractivity contribution is 7.21. The quantitative estimate of drug-likeness (QED) is 0.604. The Bertz CT molecular complexity index is 1110. The molecule has 0 saturated carbocycles. The maximum absolute atomic E-state index is 13.5. The number of carbonyl (C=O) groups is 2. The van der Waals surface area contributed by atoms with Gasteiger partial charge in [0.2, 0.25) is 0 Å². The standard InChI is InChI=1S/C25H27N3O3S/c29-24(18-8-10-26-11-9-18)28-12-4-3-5-19(28)17-21-20-6-1-2-7-22(20)32-23(21)25(30)27-13-15-31-16-14-27/h1-2,6-11,19H,3-5,12-17H2. The number of rotatable bonds is 4. The smallest absolute Gasteiger partial charge is 0.264 e. The third-order valence-electron chi connectivity index (χ3n) is 6.45. The van der Waals surface area contributed by atoms with Crippen molar-refractivity contribution in [2.45, 2.75) is 31.7 Å². The molecule has 2 saturated heterocycles. The van der Waals surface area contributed by atoms with Gasteiger partial charge in [-0.15, -0.1) is 11.3 Å². The lowest BCUT2D eigenvalue weighted by Gasteiger charge is -2.36. The molecule has 3 aromatic rings. The van der Waals surface area contributed by atoms with Gasteiger partial charge < -0.3 is 14.5 Å². The Labute approximate surface area is 191 Å². The Balaban J connectivity index is 1.48. The molecule has 1 atom stereocenters. The topological polar surface area (TPSA) is 62.7 Å². The molecule has 1 unspecified atom stereocenters. The molecule has 2 aromatic heterocycles. The molecule has 0 spiro atoms. The van der Waals surface area contributed by atoms with Gasteiger partial charge in [0.15, 0.2) is 0 Å². The molecule has 0 N–H and O–H groups in total. The van der Waals surface area contributed by atoms with Crippen LogP contribution in [0.15, 0.2) is 48.8 Å². The molecule has 2 aliphatic rings. The van der Waals surface area contributed by atoms with Gasteiger partial charge in [-0.25, -0.2) is 0 Å². The third kappa shape index (κ3) is 4.14. The summed E-state index contributed by atoms with van der Waals surface area (Å²) in [5.74, 6) is 0.144. The molecule has 0 radical (unpaired) electrons. The van der Waals surface area contributed by atoms with Crippen molar-refractivity contribution in [1.82, 2.24) is 14.8 Å². The minimum atomic E-state index is 0.0534. The van der Waals surface area contributed by atoms with Crippen LogP contribution in [-0.4, -0.2) is 65.5 Å². The van der Waals surface area contributed by atoms with Gasteiger partial charge in [-0.2, -0.15) is 0 Å². The molecule has 2 aliphatic heterocycles. The highest BCUT2D eigenvalue weighted by Gasteiger charge is 2.31. The summed E-state index contributed by atoms with van der Waals surface area (Å²) in [7, 11) is 0. The van der Waals surface area contributed by atoms with Crippen LogP contribution in [0, 0.1) is 0 Å². The maximum atomic E-state index is 13.5. The van der Waals surface area contributed by atoms with E-state index in [1.54, 1.807) is 35.9 Å². The van der Waals surface area contributed by atoms with Gasteiger partial charge in [0.25, 0.3) is 11.8 Å². The molecule has 4 heterocycles. The van der Waals surface area contributed by atoms with Gasteiger partial charge in [0.05, 0.1) is 18.1 Å². The van der Waals surface area contributed by atoms with Crippen molar-refractivity contribution in [2.75, 3.05) is 32.8 Å². The van der Waals surface area contributed by atoms with E-state index in [1.165, 1.54) is 0 Å². The summed E-state index contributed by atoms with van der Waals surface area (Å²) in [6.07, 6.45) is 7.09. The van der Waals surface area contributed by atoms with Crippen LogP contribution in [0.4, 0.5) is 0 Å². The molecule has 6 nitrogen and oxygen atoms in total. The van der Waals surface area contributed by atoms with Crippen molar-refractivity contribution in [2.24, 2.45) is 0 Å². The molecule has 32 heavy (non-hydrogen) atoms. The van der Waals surface area contributed by atoms with Gasteiger partial charge in [0.1, 0.15) is 0 Å². The van der Waals surface area contributed by atoms with Gasteiger partial charge >= 0.3 is 0 Å². The van der Waals surface area contributed by atoms with Gasteiger partial charge in [-0.3, -0.25) is 14.6 Å². The first-order valence-electron chi connectivity index (χ1n) is 11.3. The van der Waals surface area contributed by atoms with Crippen LogP contribution in [0.3, 0.4) is 0 Å². The molecule has 1 aromatic carbocycles. The fraction of sp³-hybridized carbons (Fsp3) is 0.400. The van der Waals surface area contributed by atoms with Crippen LogP contribution >= 0.6 is 11.3 Å². The second kappa shape index (κ2) is 9.38. The minimum absolute atomic E-state index is 0.0534. The highest BCUT2D eigenvalue weighted by atomic mass is 32.1. The zero-order valence-corrected chi connectivity index (χ0v) is 18.9. The van der Waals surface area contributed by atoms with Crippen molar-refractivity contribution in [3.63, 3.8) is 0 Å². The normalized spacial score (nSPS) is 19.3. The molecular weight excluding hydrogens is 422 g/mol. The van der Waals surface area contributed by atoms with Crippen molar-refractivity contribution < 1.29 is 14.3 Å². The van der Waals surface area contributed by atoms with E-state index in [9.17, 15) is 9.59 Å². The number of fused-ring (bicyclic) bond motifs is 1. The van der Waals surface area contributed by atoms with E-state index in [0.29, 0.717) is 38.3 Å². The highest BCUT2D eigenvalue weighted by Crippen LogP contribution is 2.35. The summed E-state index contributed by atoms with van der Waals surface area (Å²) in [5, 5.41) is 1.14. The van der Waals surface area contributed by atoms with E-state index in [1.807, 2.05) is 21.9 Å². The molecule has 5 rings (SSSR count). The SMILES string of the molecule is O=C(c1sc2ccccc2c1CC1CCCCN1C(=O)c1ccncc1)N1CCOCC1. The number of hydrogen-bond acceptors (Lipinski definition) is 5. The number of nitrogens with zero attached hydrogens (tertiary/aromatic N) is 3. The first-order valence-corrected chi connectivity index (χ1v) is 12.1. The second-order valence-corrected chi connectivity index (χ2v) is 9.45. The largest absolute Gasteiger partial charge is 0.378 e. The van der Waals surface area contributed by atoms with Crippen LogP contribution < -0.4 is 0 Å². The molecule has 2 fully saturated rings. The van der Waals surface area contributed by atoms with E-state index in [-0.39, 0.29) is 17.9 Å². The average Bonchev–Trinajstić information content (AvgIpc) is 3.23. The third-order valence-corrected chi connectivity index (χ3v) is 7.65. The number of ether oxygens (including phenoxy) is 1. The zero-order chi connectivity index (χ0) is 21.9. The zero-order valence-electron chi connectivity index (χ0n) is 18.0. The first kappa shape index (κ1) is 21.1. The summed E-state index contributed by atoms with van der Waals surface area (Å²) in [6, 6.07) is 11.9. The fourth-order valence-electron chi connectivity index (χ4n) is 4.76. The summed E-state index contributed by atoms with van der Waals surface area (Å²) in [5.41, 5.74) is 1.76. The van der Waals surface area contributed by atoms with Crippen LogP contribution in [0.25, 0.3) is 10.1 Å². The number of hydrogen-bond donors (Lipinski definition) is 0. The molecular formula is C25H27N3O3S. The number of morpholine rings is 1. The van der Waals surface area contributed by atoms with E-state index in [2.05, 4.69) is 17.1 Å². The number of thiophene rings is 1. The van der Waals surface area contributed by atoms with Gasteiger partial charge in [-0.05, 0) is 54.8 Å². The number of pyridine rings is 1. The summed E-state index contributed by atoms with van der Waals surface area (Å²) >= 11 is 1.58. The Morgan fingerprint density at radius 3 is 2.59 bits per heavy atom.